The molecule has 0 aliphatic heterocycles. The second-order valence-electron chi connectivity index (χ2n) is 3.50. The van der Waals surface area contributed by atoms with Crippen LogP contribution in [0.25, 0.3) is 0 Å². The maximum Gasteiger partial charge on any atom is 0.333 e. The molecule has 7 nitrogen and oxygen atoms in total. The van der Waals surface area contributed by atoms with E-state index in [9.17, 15) is 19.5 Å². The highest BCUT2D eigenvalue weighted by Gasteiger charge is 2.45. The number of hydrogen-bond acceptors (Lipinski definition) is 7. The monoisotopic (exact) mass is 284 g/mol. The van der Waals surface area contributed by atoms with Crippen LogP contribution in [-0.2, 0) is 28.6 Å². The summed E-state index contributed by atoms with van der Waals surface area (Å²) in [4.78, 5) is 33.7. The third-order valence-corrected chi connectivity index (χ3v) is 2.18. The highest BCUT2D eigenvalue weighted by Crippen LogP contribution is 2.22. The van der Waals surface area contributed by atoms with Gasteiger partial charge < -0.3 is 19.3 Å². The Labute approximate surface area is 116 Å². The number of aliphatic hydroxyl groups is 1. The summed E-state index contributed by atoms with van der Waals surface area (Å²) in [6.07, 6.45) is 1.18. The quantitative estimate of drug-likeness (QED) is 0.387. The van der Waals surface area contributed by atoms with Gasteiger partial charge in [0.15, 0.2) is 6.10 Å². The molecule has 0 bridgehead atoms. The van der Waals surface area contributed by atoms with E-state index in [-0.39, 0.29) is 0 Å². The Hall–Kier alpha value is -2.41. The second-order valence-corrected chi connectivity index (χ2v) is 3.50. The van der Waals surface area contributed by atoms with Gasteiger partial charge in [0.05, 0.1) is 0 Å². The lowest BCUT2D eigenvalue weighted by molar-refractivity contribution is -0.268. The van der Waals surface area contributed by atoms with Crippen LogP contribution in [0, 0.1) is 0 Å². The van der Waals surface area contributed by atoms with Gasteiger partial charge >= 0.3 is 23.7 Å². The number of carbonyl (C=O) groups is 3. The number of aliphatic hydroxyl groups excluding tert-OH is 1. The number of esters is 3. The van der Waals surface area contributed by atoms with Gasteiger partial charge in [0, 0.05) is 18.2 Å². The lowest BCUT2D eigenvalue weighted by Crippen LogP contribution is -2.53. The van der Waals surface area contributed by atoms with E-state index in [0.29, 0.717) is 0 Å². The van der Waals surface area contributed by atoms with Crippen LogP contribution in [0.15, 0.2) is 38.0 Å². The van der Waals surface area contributed by atoms with Crippen molar-refractivity contribution in [2.24, 2.45) is 0 Å². The fourth-order valence-electron chi connectivity index (χ4n) is 1.12. The van der Waals surface area contributed by atoms with Crippen LogP contribution in [0.1, 0.15) is 6.92 Å². The predicted octanol–water partition coefficient (Wildman–Crippen LogP) is 0.251. The van der Waals surface area contributed by atoms with Crippen molar-refractivity contribution in [1.82, 2.24) is 0 Å². The topological polar surface area (TPSA) is 99.1 Å². The van der Waals surface area contributed by atoms with Crippen molar-refractivity contribution in [2.45, 2.75) is 18.8 Å². The molecule has 0 saturated heterocycles. The van der Waals surface area contributed by atoms with Crippen LogP contribution < -0.4 is 0 Å². The lowest BCUT2D eigenvalue weighted by atomic mass is 10.1. The zero-order valence-electron chi connectivity index (χ0n) is 11.0. The van der Waals surface area contributed by atoms with E-state index in [1.165, 1.54) is 6.92 Å². The van der Waals surface area contributed by atoms with E-state index in [0.717, 1.165) is 18.2 Å². The van der Waals surface area contributed by atoms with Crippen LogP contribution in [0.3, 0.4) is 0 Å². The summed E-state index contributed by atoms with van der Waals surface area (Å²) in [5.41, 5.74) is 0. The van der Waals surface area contributed by atoms with E-state index >= 15 is 0 Å². The first kappa shape index (κ1) is 17.6. The van der Waals surface area contributed by atoms with Crippen LogP contribution in [-0.4, -0.2) is 41.5 Å². The second kappa shape index (κ2) is 7.90. The predicted molar refractivity (Wildman–Crippen MR) is 68.1 cm³/mol. The minimum atomic E-state index is -2.20. The molecule has 0 heterocycles. The van der Waals surface area contributed by atoms with Crippen LogP contribution in [0.4, 0.5) is 0 Å². The average Bonchev–Trinajstić information content (AvgIpc) is 2.45. The van der Waals surface area contributed by atoms with Gasteiger partial charge in [-0.1, -0.05) is 19.7 Å². The van der Waals surface area contributed by atoms with Crippen molar-refractivity contribution in [3.8, 4) is 0 Å². The molecule has 1 unspecified atom stereocenters. The van der Waals surface area contributed by atoms with Crippen LogP contribution in [0.5, 0.6) is 0 Å². The molecule has 110 valence electrons. The fourth-order valence-corrected chi connectivity index (χ4v) is 1.12. The molecule has 0 radical (unpaired) electrons. The van der Waals surface area contributed by atoms with Crippen molar-refractivity contribution >= 4 is 17.9 Å². The molecule has 0 rings (SSSR count). The van der Waals surface area contributed by atoms with Crippen molar-refractivity contribution in [2.75, 3.05) is 6.61 Å². The molecule has 0 aliphatic carbocycles. The largest absolute Gasteiger partial charge is 0.451 e. The normalized spacial score (nSPS) is 11.7. The third kappa shape index (κ3) is 4.69. The first-order chi connectivity index (χ1) is 9.34. The molecule has 20 heavy (non-hydrogen) atoms. The zero-order chi connectivity index (χ0) is 15.8. The van der Waals surface area contributed by atoms with E-state index in [1.807, 2.05) is 0 Å². The maximum absolute atomic E-state index is 11.3. The van der Waals surface area contributed by atoms with Gasteiger partial charge in [-0.2, -0.15) is 0 Å². The number of ether oxygens (including phenoxy) is 3. The van der Waals surface area contributed by atoms with E-state index in [2.05, 4.69) is 19.7 Å². The Morgan fingerprint density at radius 2 is 1.45 bits per heavy atom. The van der Waals surface area contributed by atoms with Gasteiger partial charge in [-0.3, -0.25) is 0 Å². The molecule has 0 spiro atoms. The summed E-state index contributed by atoms with van der Waals surface area (Å²) in [5, 5.41) is 9.38. The molecule has 0 aromatic carbocycles. The van der Waals surface area contributed by atoms with Gasteiger partial charge in [-0.15, -0.1) is 0 Å². The van der Waals surface area contributed by atoms with Gasteiger partial charge in [-0.05, 0) is 6.92 Å². The van der Waals surface area contributed by atoms with Crippen molar-refractivity contribution < 1.29 is 33.7 Å². The van der Waals surface area contributed by atoms with E-state index < -0.39 is 36.4 Å². The third-order valence-electron chi connectivity index (χ3n) is 2.18. The molecule has 0 fully saturated rings. The number of rotatable bonds is 8. The van der Waals surface area contributed by atoms with E-state index in [1.54, 1.807) is 0 Å². The summed E-state index contributed by atoms with van der Waals surface area (Å²) >= 11 is 0. The highest BCUT2D eigenvalue weighted by molar-refractivity contribution is 5.84. The highest BCUT2D eigenvalue weighted by atomic mass is 16.8. The zero-order valence-corrected chi connectivity index (χ0v) is 11.0. The first-order valence-electron chi connectivity index (χ1n) is 5.50. The Morgan fingerprint density at radius 3 is 1.75 bits per heavy atom. The average molecular weight is 284 g/mol. The summed E-state index contributed by atoms with van der Waals surface area (Å²) in [6, 6.07) is 0. The summed E-state index contributed by atoms with van der Waals surface area (Å²) in [7, 11) is 0. The van der Waals surface area contributed by atoms with Crippen LogP contribution in [0.2, 0.25) is 0 Å². The van der Waals surface area contributed by atoms with Crippen LogP contribution >= 0.6 is 0 Å². The summed E-state index contributed by atoms with van der Waals surface area (Å²) in [5.74, 6) is -5.00. The Balaban J connectivity index is 5.36. The molecule has 0 aliphatic rings. The maximum atomic E-state index is 11.3. The molecule has 0 aromatic heterocycles. The SMILES string of the molecule is C=CC(=O)OC(C)C(CO)(OC(=O)C=C)OC(=O)C=C. The number of carbonyl (C=O) groups excluding carboxylic acids is 3. The lowest BCUT2D eigenvalue weighted by Gasteiger charge is -2.34. The van der Waals surface area contributed by atoms with Gasteiger partial charge in [-0.25, -0.2) is 14.4 Å². The minimum Gasteiger partial charge on any atom is -0.451 e. The minimum absolute atomic E-state index is 0.800. The molecule has 0 aromatic rings. The molecule has 7 heteroatoms. The van der Waals surface area contributed by atoms with Gasteiger partial charge in [0.25, 0.3) is 0 Å². The molecule has 0 saturated carbocycles. The van der Waals surface area contributed by atoms with Crippen molar-refractivity contribution in [3.63, 3.8) is 0 Å². The Kier molecular flexibility index (Phi) is 6.95. The molecular formula is C13H16O7. The molecule has 0 amide bonds. The molecule has 1 atom stereocenters. The molecular weight excluding hydrogens is 268 g/mol. The van der Waals surface area contributed by atoms with E-state index in [4.69, 9.17) is 14.2 Å². The fraction of sp³-hybridized carbons (Fsp3) is 0.308. The molecule has 1 N–H and O–H groups in total. The smallest absolute Gasteiger partial charge is 0.333 e. The summed E-state index contributed by atoms with van der Waals surface area (Å²) < 4.78 is 14.4. The number of hydrogen-bond donors (Lipinski definition) is 1. The standard InChI is InChI=1S/C13H16O7/c1-5-10(15)18-9(4)13(8-14,19-11(16)6-2)20-12(17)7-3/h5-7,9,14H,1-3,8H2,4H3. The van der Waals surface area contributed by atoms with Gasteiger partial charge in [0.1, 0.15) is 6.61 Å². The first-order valence-corrected chi connectivity index (χ1v) is 5.50. The Morgan fingerprint density at radius 1 is 1.05 bits per heavy atom. The van der Waals surface area contributed by atoms with Gasteiger partial charge in [0.2, 0.25) is 0 Å². The Bertz CT molecular complexity index is 402. The van der Waals surface area contributed by atoms with Crippen molar-refractivity contribution in [3.05, 3.63) is 38.0 Å². The van der Waals surface area contributed by atoms with Crippen molar-refractivity contribution in [1.29, 1.82) is 0 Å². The summed E-state index contributed by atoms with van der Waals surface area (Å²) in [6.45, 7) is 9.87.